The molecular formula is C15H19NO2. The number of aliphatic hydroxyl groups excluding tert-OH is 1. The molecule has 0 bridgehead atoms. The summed E-state index contributed by atoms with van der Waals surface area (Å²) < 4.78 is 5.70. The van der Waals surface area contributed by atoms with Crippen LogP contribution in [-0.2, 0) is 11.3 Å². The van der Waals surface area contributed by atoms with Crippen molar-refractivity contribution in [3.05, 3.63) is 42.1 Å². The van der Waals surface area contributed by atoms with Gasteiger partial charge in [-0.3, -0.25) is 4.98 Å². The molecule has 2 aromatic rings. The van der Waals surface area contributed by atoms with E-state index >= 15 is 0 Å². The molecule has 1 aromatic carbocycles. The van der Waals surface area contributed by atoms with Crippen molar-refractivity contribution in [2.45, 2.75) is 20.5 Å². The summed E-state index contributed by atoms with van der Waals surface area (Å²) in [6.45, 7) is 5.19. The van der Waals surface area contributed by atoms with Crippen LogP contribution in [0.15, 0.2) is 36.5 Å². The minimum absolute atomic E-state index is 0.129. The van der Waals surface area contributed by atoms with Crippen LogP contribution < -0.4 is 0 Å². The van der Waals surface area contributed by atoms with E-state index in [1.54, 1.807) is 6.20 Å². The van der Waals surface area contributed by atoms with Crippen LogP contribution in [0.2, 0.25) is 0 Å². The summed E-state index contributed by atoms with van der Waals surface area (Å²) in [6, 6.07) is 10.0. The van der Waals surface area contributed by atoms with Crippen molar-refractivity contribution in [2.24, 2.45) is 5.41 Å². The molecular weight excluding hydrogens is 226 g/mol. The third-order valence-corrected chi connectivity index (χ3v) is 2.92. The molecule has 18 heavy (non-hydrogen) atoms. The average Bonchev–Trinajstić information content (AvgIpc) is 2.39. The second-order valence-electron chi connectivity index (χ2n) is 5.30. The smallest absolute Gasteiger partial charge is 0.0724 e. The number of hydrogen-bond acceptors (Lipinski definition) is 3. The Hall–Kier alpha value is -1.45. The molecule has 1 N–H and O–H groups in total. The molecule has 2 rings (SSSR count). The number of aromatic nitrogens is 1. The maximum absolute atomic E-state index is 9.17. The number of pyridine rings is 1. The highest BCUT2D eigenvalue weighted by Gasteiger charge is 2.16. The number of para-hydroxylation sites is 1. The van der Waals surface area contributed by atoms with Gasteiger partial charge in [0, 0.05) is 17.0 Å². The van der Waals surface area contributed by atoms with E-state index in [0.29, 0.717) is 13.2 Å². The van der Waals surface area contributed by atoms with E-state index in [2.05, 4.69) is 11.1 Å². The molecule has 0 fully saturated rings. The molecule has 3 heteroatoms. The summed E-state index contributed by atoms with van der Waals surface area (Å²) in [5.41, 5.74) is 1.93. The topological polar surface area (TPSA) is 42.4 Å². The number of nitrogens with zero attached hydrogens (tertiary/aromatic N) is 1. The normalized spacial score (nSPS) is 11.9. The second-order valence-corrected chi connectivity index (χ2v) is 5.30. The monoisotopic (exact) mass is 245 g/mol. The SMILES string of the molecule is CC(C)(CO)COCc1ccnc2ccccc12. The largest absolute Gasteiger partial charge is 0.396 e. The summed E-state index contributed by atoms with van der Waals surface area (Å²) in [5.74, 6) is 0. The van der Waals surface area contributed by atoms with E-state index in [0.717, 1.165) is 16.5 Å². The Bertz CT molecular complexity index is 517. The van der Waals surface area contributed by atoms with Crippen LogP contribution in [0.4, 0.5) is 0 Å². The van der Waals surface area contributed by atoms with Gasteiger partial charge in [0.15, 0.2) is 0 Å². The summed E-state index contributed by atoms with van der Waals surface area (Å²) in [6.07, 6.45) is 1.80. The Morgan fingerprint density at radius 1 is 1.22 bits per heavy atom. The van der Waals surface area contributed by atoms with Gasteiger partial charge in [-0.15, -0.1) is 0 Å². The molecule has 0 aliphatic carbocycles. The maximum atomic E-state index is 9.17. The van der Waals surface area contributed by atoms with Crippen molar-refractivity contribution >= 4 is 10.9 Å². The van der Waals surface area contributed by atoms with Crippen LogP contribution in [0.25, 0.3) is 10.9 Å². The highest BCUT2D eigenvalue weighted by Crippen LogP contribution is 2.19. The molecule has 0 atom stereocenters. The van der Waals surface area contributed by atoms with Gasteiger partial charge in [0.05, 0.1) is 25.3 Å². The predicted octanol–water partition coefficient (Wildman–Crippen LogP) is 2.77. The Morgan fingerprint density at radius 3 is 2.78 bits per heavy atom. The lowest BCUT2D eigenvalue weighted by atomic mass is 9.96. The number of ether oxygens (including phenoxy) is 1. The first kappa shape index (κ1) is 13.0. The molecule has 0 radical (unpaired) electrons. The Labute approximate surface area is 107 Å². The van der Waals surface area contributed by atoms with Gasteiger partial charge in [-0.05, 0) is 17.7 Å². The van der Waals surface area contributed by atoms with Crippen molar-refractivity contribution in [3.8, 4) is 0 Å². The molecule has 1 aromatic heterocycles. The van der Waals surface area contributed by atoms with Crippen LogP contribution in [-0.4, -0.2) is 23.3 Å². The van der Waals surface area contributed by atoms with Gasteiger partial charge in [-0.25, -0.2) is 0 Å². The van der Waals surface area contributed by atoms with E-state index in [1.165, 1.54) is 0 Å². The number of rotatable bonds is 5. The van der Waals surface area contributed by atoms with Gasteiger partial charge < -0.3 is 9.84 Å². The molecule has 0 spiro atoms. The van der Waals surface area contributed by atoms with E-state index in [1.807, 2.05) is 38.1 Å². The van der Waals surface area contributed by atoms with Crippen molar-refractivity contribution in [1.82, 2.24) is 4.98 Å². The Kier molecular flexibility index (Phi) is 3.94. The minimum Gasteiger partial charge on any atom is -0.396 e. The van der Waals surface area contributed by atoms with Gasteiger partial charge >= 0.3 is 0 Å². The fraction of sp³-hybridized carbons (Fsp3) is 0.400. The quantitative estimate of drug-likeness (QED) is 0.880. The maximum Gasteiger partial charge on any atom is 0.0724 e. The molecule has 3 nitrogen and oxygen atoms in total. The number of benzene rings is 1. The van der Waals surface area contributed by atoms with E-state index in [4.69, 9.17) is 4.74 Å². The lowest BCUT2D eigenvalue weighted by molar-refractivity contribution is 0.0201. The van der Waals surface area contributed by atoms with Crippen molar-refractivity contribution in [1.29, 1.82) is 0 Å². The molecule has 0 amide bonds. The third kappa shape index (κ3) is 3.06. The molecule has 1 heterocycles. The van der Waals surface area contributed by atoms with E-state index in [-0.39, 0.29) is 12.0 Å². The zero-order chi connectivity index (χ0) is 13.0. The lowest BCUT2D eigenvalue weighted by Crippen LogP contribution is -2.23. The van der Waals surface area contributed by atoms with E-state index < -0.39 is 0 Å². The van der Waals surface area contributed by atoms with Crippen LogP contribution in [0.1, 0.15) is 19.4 Å². The number of fused-ring (bicyclic) bond motifs is 1. The van der Waals surface area contributed by atoms with Crippen molar-refractivity contribution in [3.63, 3.8) is 0 Å². The first-order valence-corrected chi connectivity index (χ1v) is 6.14. The molecule has 0 saturated carbocycles. The summed E-state index contributed by atoms with van der Waals surface area (Å²) >= 11 is 0. The number of aliphatic hydroxyl groups is 1. The van der Waals surface area contributed by atoms with Gasteiger partial charge in [0.2, 0.25) is 0 Å². The summed E-state index contributed by atoms with van der Waals surface area (Å²) in [4.78, 5) is 4.32. The van der Waals surface area contributed by atoms with Gasteiger partial charge in [-0.1, -0.05) is 32.0 Å². The Morgan fingerprint density at radius 2 is 2.00 bits per heavy atom. The zero-order valence-electron chi connectivity index (χ0n) is 10.9. The van der Waals surface area contributed by atoms with Gasteiger partial charge in [0.25, 0.3) is 0 Å². The van der Waals surface area contributed by atoms with Crippen LogP contribution >= 0.6 is 0 Å². The molecule has 96 valence electrons. The molecule has 0 unspecified atom stereocenters. The molecule has 0 aliphatic heterocycles. The Balaban J connectivity index is 2.08. The third-order valence-electron chi connectivity index (χ3n) is 2.92. The first-order chi connectivity index (χ1) is 8.62. The predicted molar refractivity (Wildman–Crippen MR) is 72.3 cm³/mol. The molecule has 0 aliphatic rings. The average molecular weight is 245 g/mol. The van der Waals surface area contributed by atoms with Crippen LogP contribution in [0.3, 0.4) is 0 Å². The van der Waals surface area contributed by atoms with Crippen LogP contribution in [0.5, 0.6) is 0 Å². The van der Waals surface area contributed by atoms with E-state index in [9.17, 15) is 5.11 Å². The van der Waals surface area contributed by atoms with Crippen LogP contribution in [0, 0.1) is 5.41 Å². The second kappa shape index (κ2) is 5.46. The fourth-order valence-electron chi connectivity index (χ4n) is 1.76. The molecule has 0 saturated heterocycles. The zero-order valence-corrected chi connectivity index (χ0v) is 10.9. The number of hydrogen-bond donors (Lipinski definition) is 1. The summed E-state index contributed by atoms with van der Waals surface area (Å²) in [7, 11) is 0. The highest BCUT2D eigenvalue weighted by atomic mass is 16.5. The van der Waals surface area contributed by atoms with Gasteiger partial charge in [0.1, 0.15) is 0 Å². The minimum atomic E-state index is -0.192. The highest BCUT2D eigenvalue weighted by molar-refractivity contribution is 5.81. The fourth-order valence-corrected chi connectivity index (χ4v) is 1.76. The van der Waals surface area contributed by atoms with Crippen molar-refractivity contribution < 1.29 is 9.84 Å². The lowest BCUT2D eigenvalue weighted by Gasteiger charge is -2.21. The summed E-state index contributed by atoms with van der Waals surface area (Å²) in [5, 5.41) is 10.3. The first-order valence-electron chi connectivity index (χ1n) is 6.14. The van der Waals surface area contributed by atoms with Crippen molar-refractivity contribution in [2.75, 3.05) is 13.2 Å². The van der Waals surface area contributed by atoms with Gasteiger partial charge in [-0.2, -0.15) is 0 Å². The standard InChI is InChI=1S/C15H19NO2/c1-15(2,10-17)11-18-9-12-7-8-16-14-6-4-3-5-13(12)14/h3-8,17H,9-11H2,1-2H3.